The lowest BCUT2D eigenvalue weighted by molar-refractivity contribution is -0.130. The van der Waals surface area contributed by atoms with E-state index >= 15 is 0 Å². The summed E-state index contributed by atoms with van der Waals surface area (Å²) in [5.41, 5.74) is 1.68. The van der Waals surface area contributed by atoms with Gasteiger partial charge in [-0.05, 0) is 12.1 Å². The first kappa shape index (κ1) is 14.6. The van der Waals surface area contributed by atoms with E-state index in [9.17, 15) is 4.79 Å². The summed E-state index contributed by atoms with van der Waals surface area (Å²) in [4.78, 5) is 29.5. The molecular weight excluding hydrogens is 304 g/mol. The Labute approximate surface area is 139 Å². The van der Waals surface area contributed by atoms with E-state index in [1.54, 1.807) is 18.6 Å². The van der Waals surface area contributed by atoms with Gasteiger partial charge in [-0.1, -0.05) is 6.07 Å². The largest absolute Gasteiger partial charge is 0.352 e. The monoisotopic (exact) mass is 322 g/mol. The van der Waals surface area contributed by atoms with Crippen molar-refractivity contribution in [2.75, 3.05) is 31.1 Å². The molecule has 1 saturated heterocycles. The van der Waals surface area contributed by atoms with E-state index in [1.807, 2.05) is 39.9 Å². The molecule has 24 heavy (non-hydrogen) atoms. The van der Waals surface area contributed by atoms with Crippen LogP contribution in [0.4, 0.5) is 5.82 Å². The van der Waals surface area contributed by atoms with Crippen molar-refractivity contribution in [1.29, 1.82) is 0 Å². The van der Waals surface area contributed by atoms with E-state index in [0.717, 1.165) is 30.2 Å². The number of amides is 1. The van der Waals surface area contributed by atoms with Gasteiger partial charge in [0.05, 0.1) is 18.3 Å². The topological polar surface area (TPSA) is 66.6 Å². The van der Waals surface area contributed by atoms with Crippen LogP contribution in [0.1, 0.15) is 5.69 Å². The third-order valence-corrected chi connectivity index (χ3v) is 4.25. The molecule has 0 unspecified atom stereocenters. The Kier molecular flexibility index (Phi) is 3.82. The predicted octanol–water partition coefficient (Wildman–Crippen LogP) is 1.02. The van der Waals surface area contributed by atoms with E-state index in [-0.39, 0.29) is 5.91 Å². The number of nitrogens with zero attached hydrogens (tertiary/aromatic N) is 6. The number of carbonyl (C=O) groups is 1. The molecule has 0 bridgehead atoms. The molecule has 1 aliphatic heterocycles. The van der Waals surface area contributed by atoms with E-state index in [2.05, 4.69) is 19.9 Å². The van der Waals surface area contributed by atoms with Crippen molar-refractivity contribution >= 4 is 17.4 Å². The van der Waals surface area contributed by atoms with Gasteiger partial charge in [0.1, 0.15) is 11.5 Å². The number of rotatable bonds is 3. The lowest BCUT2D eigenvalue weighted by Gasteiger charge is -2.35. The third kappa shape index (κ3) is 2.92. The van der Waals surface area contributed by atoms with Gasteiger partial charge in [0.15, 0.2) is 0 Å². The minimum absolute atomic E-state index is 0.122. The molecule has 0 spiro atoms. The number of aromatic nitrogens is 4. The third-order valence-electron chi connectivity index (χ3n) is 4.25. The van der Waals surface area contributed by atoms with Crippen LogP contribution in [-0.2, 0) is 11.2 Å². The molecule has 4 rings (SSSR count). The summed E-state index contributed by atoms with van der Waals surface area (Å²) >= 11 is 0. The molecule has 1 fully saturated rings. The zero-order chi connectivity index (χ0) is 16.4. The SMILES string of the molecule is O=C(Cc1cn2ccccc2n1)N1CCN(c2cnccn2)CC1. The Hall–Kier alpha value is -2.96. The molecule has 0 atom stereocenters. The molecule has 122 valence electrons. The van der Waals surface area contributed by atoms with Gasteiger partial charge in [-0.15, -0.1) is 0 Å². The van der Waals surface area contributed by atoms with Crippen LogP contribution >= 0.6 is 0 Å². The van der Waals surface area contributed by atoms with Crippen LogP contribution in [0.15, 0.2) is 49.2 Å². The molecule has 1 amide bonds. The summed E-state index contributed by atoms with van der Waals surface area (Å²) in [6.45, 7) is 2.94. The first-order valence-electron chi connectivity index (χ1n) is 8.01. The Morgan fingerprint density at radius 3 is 2.75 bits per heavy atom. The van der Waals surface area contributed by atoms with Crippen LogP contribution in [0.25, 0.3) is 5.65 Å². The number of carbonyl (C=O) groups excluding carboxylic acids is 1. The van der Waals surface area contributed by atoms with Gasteiger partial charge < -0.3 is 14.2 Å². The van der Waals surface area contributed by atoms with Crippen molar-refractivity contribution in [3.8, 4) is 0 Å². The van der Waals surface area contributed by atoms with Gasteiger partial charge >= 0.3 is 0 Å². The highest BCUT2D eigenvalue weighted by atomic mass is 16.2. The van der Waals surface area contributed by atoms with E-state index in [4.69, 9.17) is 0 Å². The molecule has 1 aliphatic rings. The molecule has 7 heteroatoms. The number of pyridine rings is 1. The molecule has 0 aromatic carbocycles. The van der Waals surface area contributed by atoms with Crippen molar-refractivity contribution in [2.24, 2.45) is 0 Å². The first-order chi connectivity index (χ1) is 11.8. The molecular formula is C17H18N6O. The van der Waals surface area contributed by atoms with Crippen LogP contribution in [0.2, 0.25) is 0 Å². The van der Waals surface area contributed by atoms with Crippen molar-refractivity contribution < 1.29 is 4.79 Å². The molecule has 3 aromatic rings. The molecule has 0 aliphatic carbocycles. The number of imidazole rings is 1. The lowest BCUT2D eigenvalue weighted by Crippen LogP contribution is -2.49. The van der Waals surface area contributed by atoms with Gasteiger partial charge in [0.25, 0.3) is 0 Å². The second-order valence-electron chi connectivity index (χ2n) is 5.81. The fourth-order valence-corrected chi connectivity index (χ4v) is 2.98. The van der Waals surface area contributed by atoms with Gasteiger partial charge in [0.2, 0.25) is 5.91 Å². The zero-order valence-electron chi connectivity index (χ0n) is 13.2. The lowest BCUT2D eigenvalue weighted by atomic mass is 10.2. The summed E-state index contributed by atoms with van der Waals surface area (Å²) in [5.74, 6) is 0.988. The first-order valence-corrected chi connectivity index (χ1v) is 8.01. The number of fused-ring (bicyclic) bond motifs is 1. The normalized spacial score (nSPS) is 15.0. The average molecular weight is 322 g/mol. The van der Waals surface area contributed by atoms with Crippen molar-refractivity contribution in [1.82, 2.24) is 24.3 Å². The zero-order valence-corrected chi connectivity index (χ0v) is 13.2. The van der Waals surface area contributed by atoms with Gasteiger partial charge in [-0.25, -0.2) is 9.97 Å². The molecule has 4 heterocycles. The fourth-order valence-electron chi connectivity index (χ4n) is 2.98. The second-order valence-corrected chi connectivity index (χ2v) is 5.81. The highest BCUT2D eigenvalue weighted by Crippen LogP contribution is 2.13. The van der Waals surface area contributed by atoms with Gasteiger partial charge in [-0.3, -0.25) is 9.78 Å². The van der Waals surface area contributed by atoms with E-state index < -0.39 is 0 Å². The highest BCUT2D eigenvalue weighted by Gasteiger charge is 2.22. The van der Waals surface area contributed by atoms with Crippen LogP contribution in [0.5, 0.6) is 0 Å². The van der Waals surface area contributed by atoms with E-state index in [1.165, 1.54) is 0 Å². The minimum atomic E-state index is 0.122. The summed E-state index contributed by atoms with van der Waals surface area (Å²) in [6.07, 6.45) is 9.31. The number of hydrogen-bond acceptors (Lipinski definition) is 5. The van der Waals surface area contributed by atoms with Crippen LogP contribution in [-0.4, -0.2) is 56.3 Å². The Balaban J connectivity index is 1.37. The van der Waals surface area contributed by atoms with Crippen molar-refractivity contribution in [3.63, 3.8) is 0 Å². The maximum atomic E-state index is 12.5. The Morgan fingerprint density at radius 2 is 2.00 bits per heavy atom. The maximum absolute atomic E-state index is 12.5. The Morgan fingerprint density at radius 1 is 1.12 bits per heavy atom. The predicted molar refractivity (Wildman–Crippen MR) is 89.7 cm³/mol. The van der Waals surface area contributed by atoms with Crippen LogP contribution in [0, 0.1) is 0 Å². The van der Waals surface area contributed by atoms with Crippen LogP contribution < -0.4 is 4.90 Å². The quantitative estimate of drug-likeness (QED) is 0.720. The molecule has 3 aromatic heterocycles. The fraction of sp³-hybridized carbons (Fsp3) is 0.294. The number of anilines is 1. The van der Waals surface area contributed by atoms with Gasteiger partial charge in [0, 0.05) is 51.0 Å². The molecule has 7 nitrogen and oxygen atoms in total. The van der Waals surface area contributed by atoms with Crippen LogP contribution in [0.3, 0.4) is 0 Å². The summed E-state index contributed by atoms with van der Waals surface area (Å²) in [6, 6.07) is 5.83. The number of hydrogen-bond donors (Lipinski definition) is 0. The van der Waals surface area contributed by atoms with Crippen molar-refractivity contribution in [3.05, 3.63) is 54.9 Å². The summed E-state index contributed by atoms with van der Waals surface area (Å²) in [5, 5.41) is 0. The molecule has 0 saturated carbocycles. The molecule has 0 radical (unpaired) electrons. The van der Waals surface area contributed by atoms with Gasteiger partial charge in [-0.2, -0.15) is 0 Å². The van der Waals surface area contributed by atoms with Crippen molar-refractivity contribution in [2.45, 2.75) is 6.42 Å². The number of piperazine rings is 1. The smallest absolute Gasteiger partial charge is 0.228 e. The summed E-state index contributed by atoms with van der Waals surface area (Å²) in [7, 11) is 0. The molecule has 0 N–H and O–H groups in total. The second kappa shape index (κ2) is 6.27. The Bertz CT molecular complexity index is 805. The highest BCUT2D eigenvalue weighted by molar-refractivity contribution is 5.78. The maximum Gasteiger partial charge on any atom is 0.228 e. The van der Waals surface area contributed by atoms with E-state index in [0.29, 0.717) is 19.5 Å². The summed E-state index contributed by atoms with van der Waals surface area (Å²) < 4.78 is 1.94. The minimum Gasteiger partial charge on any atom is -0.352 e. The standard InChI is InChI=1S/C17H18N6O/c24-17(11-14-13-23-6-2-1-3-15(23)20-14)22-9-7-21(8-10-22)16-12-18-4-5-19-16/h1-6,12-13H,7-11H2. The average Bonchev–Trinajstić information content (AvgIpc) is 3.05.